The maximum Gasteiger partial charge on any atom is 0.274 e. The van der Waals surface area contributed by atoms with E-state index in [1.807, 2.05) is 0 Å². The van der Waals surface area contributed by atoms with Crippen LogP contribution in [0, 0.1) is 17.0 Å². The van der Waals surface area contributed by atoms with Gasteiger partial charge < -0.3 is 5.32 Å². The summed E-state index contributed by atoms with van der Waals surface area (Å²) >= 11 is 0. The van der Waals surface area contributed by atoms with Crippen LogP contribution < -0.4 is 5.32 Å². The second-order valence-electron chi connectivity index (χ2n) is 6.38. The molecule has 1 aromatic rings. The number of unbranched alkanes of at least 4 members (excludes halogenated alkanes) is 8. The van der Waals surface area contributed by atoms with Crippen LogP contribution in [0.5, 0.6) is 0 Å². The lowest BCUT2D eigenvalue weighted by atomic mass is 10.1. The largest absolute Gasteiger partial charge is 0.326 e. The van der Waals surface area contributed by atoms with Crippen molar-refractivity contribution >= 4 is 17.3 Å². The molecule has 1 N–H and O–H groups in total. The Bertz CT molecular complexity index is 529. The molecule has 1 amide bonds. The first-order valence-electron chi connectivity index (χ1n) is 9.09. The zero-order valence-corrected chi connectivity index (χ0v) is 15.0. The zero-order valence-electron chi connectivity index (χ0n) is 15.0. The average molecular weight is 334 g/mol. The highest BCUT2D eigenvalue weighted by Crippen LogP contribution is 2.22. The summed E-state index contributed by atoms with van der Waals surface area (Å²) in [6, 6.07) is 4.78. The summed E-state index contributed by atoms with van der Waals surface area (Å²) in [5, 5.41) is 13.7. The summed E-state index contributed by atoms with van der Waals surface area (Å²) in [7, 11) is 0. The minimum Gasteiger partial charge on any atom is -0.326 e. The number of aryl methyl sites for hydroxylation is 1. The Morgan fingerprint density at radius 2 is 1.62 bits per heavy atom. The number of carbonyl (C=O) groups is 1. The van der Waals surface area contributed by atoms with Gasteiger partial charge in [0.15, 0.2) is 0 Å². The molecule has 24 heavy (non-hydrogen) atoms. The summed E-state index contributed by atoms with van der Waals surface area (Å²) < 4.78 is 0. The standard InChI is InChI=1S/C19H30N2O3/c1-3-4-5-6-7-8-9-10-11-12-19(22)20-17-14-13-16(2)18(15-17)21(23)24/h13-15H,3-12H2,1-2H3,(H,20,22). The van der Waals surface area contributed by atoms with Crippen LogP contribution in [-0.2, 0) is 4.79 Å². The van der Waals surface area contributed by atoms with Gasteiger partial charge in [0.2, 0.25) is 5.91 Å². The monoisotopic (exact) mass is 334 g/mol. The maximum atomic E-state index is 11.9. The van der Waals surface area contributed by atoms with Crippen LogP contribution in [0.15, 0.2) is 18.2 Å². The quantitative estimate of drug-likeness (QED) is 0.300. The first kappa shape index (κ1) is 20.1. The molecule has 0 fully saturated rings. The summed E-state index contributed by atoms with van der Waals surface area (Å²) in [6.45, 7) is 3.91. The molecule has 0 heterocycles. The number of nitro benzene ring substituents is 1. The van der Waals surface area contributed by atoms with Crippen molar-refractivity contribution in [3.63, 3.8) is 0 Å². The van der Waals surface area contributed by atoms with Crippen molar-refractivity contribution in [2.75, 3.05) is 5.32 Å². The van der Waals surface area contributed by atoms with E-state index in [0.29, 0.717) is 17.7 Å². The van der Waals surface area contributed by atoms with E-state index in [1.54, 1.807) is 19.1 Å². The van der Waals surface area contributed by atoms with Crippen molar-refractivity contribution in [3.05, 3.63) is 33.9 Å². The molecule has 5 nitrogen and oxygen atoms in total. The Morgan fingerprint density at radius 1 is 1.04 bits per heavy atom. The average Bonchev–Trinajstić information content (AvgIpc) is 2.55. The number of hydrogen-bond donors (Lipinski definition) is 1. The molecule has 1 aromatic carbocycles. The van der Waals surface area contributed by atoms with E-state index in [9.17, 15) is 14.9 Å². The number of nitrogens with one attached hydrogen (secondary N) is 1. The molecule has 0 aliphatic rings. The molecular weight excluding hydrogens is 304 g/mol. The van der Waals surface area contributed by atoms with Crippen molar-refractivity contribution < 1.29 is 9.72 Å². The van der Waals surface area contributed by atoms with Gasteiger partial charge in [0, 0.05) is 23.7 Å². The highest BCUT2D eigenvalue weighted by atomic mass is 16.6. The molecule has 5 heteroatoms. The summed E-state index contributed by atoms with van der Waals surface area (Å²) in [5.41, 5.74) is 1.13. The Balaban J connectivity index is 2.18. The van der Waals surface area contributed by atoms with Crippen LogP contribution in [0.2, 0.25) is 0 Å². The smallest absolute Gasteiger partial charge is 0.274 e. The topological polar surface area (TPSA) is 72.2 Å². The Kier molecular flexibility index (Phi) is 9.73. The normalized spacial score (nSPS) is 10.6. The molecule has 0 radical (unpaired) electrons. The lowest BCUT2D eigenvalue weighted by Gasteiger charge is -2.06. The number of hydrogen-bond acceptors (Lipinski definition) is 3. The zero-order chi connectivity index (χ0) is 17.8. The SMILES string of the molecule is CCCCCCCCCCCC(=O)Nc1ccc(C)c([N+](=O)[O-])c1. The predicted octanol–water partition coefficient (Wildman–Crippen LogP) is 5.76. The van der Waals surface area contributed by atoms with Crippen molar-refractivity contribution in [2.45, 2.75) is 78.1 Å². The van der Waals surface area contributed by atoms with E-state index >= 15 is 0 Å². The minimum absolute atomic E-state index is 0.0378. The van der Waals surface area contributed by atoms with Gasteiger partial charge in [0.1, 0.15) is 0 Å². The van der Waals surface area contributed by atoms with E-state index in [1.165, 1.54) is 51.0 Å². The van der Waals surface area contributed by atoms with E-state index < -0.39 is 4.92 Å². The molecule has 0 unspecified atom stereocenters. The number of benzene rings is 1. The molecule has 0 saturated carbocycles. The van der Waals surface area contributed by atoms with E-state index in [-0.39, 0.29) is 11.6 Å². The third-order valence-electron chi connectivity index (χ3n) is 4.20. The fourth-order valence-corrected chi connectivity index (χ4v) is 2.70. The van der Waals surface area contributed by atoms with Crippen molar-refractivity contribution in [3.8, 4) is 0 Å². The van der Waals surface area contributed by atoms with Gasteiger partial charge >= 0.3 is 0 Å². The van der Waals surface area contributed by atoms with Gasteiger partial charge in [-0.25, -0.2) is 0 Å². The molecule has 0 aliphatic carbocycles. The number of rotatable bonds is 12. The molecule has 1 rings (SSSR count). The number of nitro groups is 1. The van der Waals surface area contributed by atoms with Gasteiger partial charge in [-0.3, -0.25) is 14.9 Å². The molecule has 0 atom stereocenters. The highest BCUT2D eigenvalue weighted by molar-refractivity contribution is 5.91. The molecular formula is C19H30N2O3. The van der Waals surface area contributed by atoms with Crippen LogP contribution in [0.3, 0.4) is 0 Å². The lowest BCUT2D eigenvalue weighted by Crippen LogP contribution is -2.11. The fourth-order valence-electron chi connectivity index (χ4n) is 2.70. The van der Waals surface area contributed by atoms with E-state index in [4.69, 9.17) is 0 Å². The molecule has 0 spiro atoms. The number of nitrogens with zero attached hydrogens (tertiary/aromatic N) is 1. The third-order valence-corrected chi connectivity index (χ3v) is 4.20. The summed E-state index contributed by atoms with van der Waals surface area (Å²) in [5.74, 6) is -0.0731. The Hall–Kier alpha value is -1.91. The molecule has 0 aromatic heterocycles. The second kappa shape index (κ2) is 11.6. The van der Waals surface area contributed by atoms with Gasteiger partial charge in [-0.2, -0.15) is 0 Å². The molecule has 0 saturated heterocycles. The molecule has 0 aliphatic heterocycles. The van der Waals surface area contributed by atoms with Crippen LogP contribution in [0.4, 0.5) is 11.4 Å². The molecule has 0 bridgehead atoms. The van der Waals surface area contributed by atoms with Gasteiger partial charge in [-0.15, -0.1) is 0 Å². The van der Waals surface area contributed by atoms with Crippen molar-refractivity contribution in [2.24, 2.45) is 0 Å². The molecule has 134 valence electrons. The van der Waals surface area contributed by atoms with Crippen LogP contribution in [0.1, 0.15) is 76.7 Å². The minimum atomic E-state index is -0.425. The van der Waals surface area contributed by atoms with Crippen LogP contribution in [0.25, 0.3) is 0 Å². The van der Waals surface area contributed by atoms with Gasteiger partial charge in [-0.1, -0.05) is 64.4 Å². The van der Waals surface area contributed by atoms with Gasteiger partial charge in [0.05, 0.1) is 4.92 Å². The maximum absolute atomic E-state index is 11.9. The lowest BCUT2D eigenvalue weighted by molar-refractivity contribution is -0.385. The number of anilines is 1. The summed E-state index contributed by atoms with van der Waals surface area (Å²) in [6.07, 6.45) is 11.4. The van der Waals surface area contributed by atoms with E-state index in [2.05, 4.69) is 12.2 Å². The van der Waals surface area contributed by atoms with E-state index in [0.717, 1.165) is 12.8 Å². The van der Waals surface area contributed by atoms with Crippen molar-refractivity contribution in [1.29, 1.82) is 0 Å². The fraction of sp³-hybridized carbons (Fsp3) is 0.632. The predicted molar refractivity (Wildman–Crippen MR) is 98.3 cm³/mol. The Labute approximate surface area is 145 Å². The first-order valence-corrected chi connectivity index (χ1v) is 9.09. The van der Waals surface area contributed by atoms with Crippen LogP contribution >= 0.6 is 0 Å². The van der Waals surface area contributed by atoms with Crippen molar-refractivity contribution in [1.82, 2.24) is 0 Å². The third kappa shape index (κ3) is 8.09. The number of amides is 1. The van der Waals surface area contributed by atoms with Gasteiger partial charge in [0.25, 0.3) is 5.69 Å². The number of carbonyl (C=O) groups excluding carboxylic acids is 1. The Morgan fingerprint density at radius 3 is 2.21 bits per heavy atom. The van der Waals surface area contributed by atoms with Gasteiger partial charge in [-0.05, 0) is 19.4 Å². The summed E-state index contributed by atoms with van der Waals surface area (Å²) in [4.78, 5) is 22.4. The highest BCUT2D eigenvalue weighted by Gasteiger charge is 2.12. The second-order valence-corrected chi connectivity index (χ2v) is 6.38. The first-order chi connectivity index (χ1) is 11.5. The van der Waals surface area contributed by atoms with Crippen LogP contribution in [-0.4, -0.2) is 10.8 Å².